The van der Waals surface area contributed by atoms with Gasteiger partial charge in [0.05, 0.1) is 22.8 Å². The normalized spacial score (nSPS) is 17.5. The average molecular weight is 376 g/mol. The Morgan fingerprint density at radius 3 is 2.50 bits per heavy atom. The molecular weight excluding hydrogens is 356 g/mol. The molecule has 1 aromatic heterocycles. The van der Waals surface area contributed by atoms with Crippen LogP contribution in [-0.2, 0) is 34.2 Å². The molecule has 0 radical (unpaired) electrons. The number of amides is 1. The predicted octanol–water partition coefficient (Wildman–Crippen LogP) is 1.05. The summed E-state index contributed by atoms with van der Waals surface area (Å²) in [4.78, 5) is 20.5. The van der Waals surface area contributed by atoms with Crippen LogP contribution < -0.4 is 5.48 Å². The highest BCUT2D eigenvalue weighted by Crippen LogP contribution is 2.27. The second-order valence-corrected chi connectivity index (χ2v) is 7.98. The largest absolute Gasteiger partial charge is 0.289 e. The lowest BCUT2D eigenvalue weighted by Gasteiger charge is -2.33. The van der Waals surface area contributed by atoms with Gasteiger partial charge < -0.3 is 0 Å². The van der Waals surface area contributed by atoms with Gasteiger partial charge in [-0.15, -0.1) is 0 Å². The Kier molecular flexibility index (Phi) is 5.30. The van der Waals surface area contributed by atoms with Crippen LogP contribution >= 0.6 is 0 Å². The molecule has 3 rings (SSSR count). The van der Waals surface area contributed by atoms with Gasteiger partial charge in [0.15, 0.2) is 0 Å². The van der Waals surface area contributed by atoms with Crippen molar-refractivity contribution in [2.75, 3.05) is 0 Å². The number of aromatic nitrogens is 2. The van der Waals surface area contributed by atoms with Crippen molar-refractivity contribution in [3.63, 3.8) is 0 Å². The maximum Gasteiger partial charge on any atom is 0.262 e. The molecule has 1 aromatic carbocycles. The number of nitrogens with zero attached hydrogens (tertiary/aromatic N) is 3. The van der Waals surface area contributed by atoms with Crippen molar-refractivity contribution < 1.29 is 18.4 Å². The van der Waals surface area contributed by atoms with Crippen molar-refractivity contribution >= 4 is 15.9 Å². The fourth-order valence-electron chi connectivity index (χ4n) is 3.04. The summed E-state index contributed by atoms with van der Waals surface area (Å²) in [5.41, 5.74) is 3.65. The highest BCUT2D eigenvalue weighted by Gasteiger charge is 2.40. The van der Waals surface area contributed by atoms with E-state index in [1.54, 1.807) is 29.7 Å². The fraction of sp³-hybridized carbons (Fsp3) is 0.353. The summed E-state index contributed by atoms with van der Waals surface area (Å²) in [6.45, 7) is 1.97. The van der Waals surface area contributed by atoms with Gasteiger partial charge >= 0.3 is 0 Å². The minimum Gasteiger partial charge on any atom is -0.289 e. The van der Waals surface area contributed by atoms with E-state index < -0.39 is 22.0 Å². The summed E-state index contributed by atoms with van der Waals surface area (Å²) in [5, 5.41) is 9.03. The first kappa shape index (κ1) is 18.4. The zero-order chi connectivity index (χ0) is 18.7. The Morgan fingerprint density at radius 1 is 1.23 bits per heavy atom. The van der Waals surface area contributed by atoms with E-state index in [1.165, 1.54) is 12.4 Å². The van der Waals surface area contributed by atoms with Gasteiger partial charge in [0.25, 0.3) is 5.91 Å². The third kappa shape index (κ3) is 3.46. The Hall–Kier alpha value is -2.36. The SMILES string of the molecule is CCCc1ccc(S(=O)(=O)N2Cc3nccnc3CC2C(=O)NO)cc1. The molecule has 1 aliphatic heterocycles. The smallest absolute Gasteiger partial charge is 0.262 e. The fourth-order valence-corrected chi connectivity index (χ4v) is 4.59. The number of rotatable bonds is 5. The van der Waals surface area contributed by atoms with Gasteiger partial charge in [-0.1, -0.05) is 25.5 Å². The first-order chi connectivity index (χ1) is 12.5. The first-order valence-corrected chi connectivity index (χ1v) is 9.75. The molecule has 2 N–H and O–H groups in total. The topological polar surface area (TPSA) is 112 Å². The molecule has 1 amide bonds. The molecule has 1 aliphatic rings. The summed E-state index contributed by atoms with van der Waals surface area (Å²) in [6.07, 6.45) is 4.84. The summed E-state index contributed by atoms with van der Waals surface area (Å²) in [5.74, 6) is -0.799. The number of benzene rings is 1. The van der Waals surface area contributed by atoms with Crippen LogP contribution in [0.5, 0.6) is 0 Å². The second kappa shape index (κ2) is 7.48. The van der Waals surface area contributed by atoms with Crippen molar-refractivity contribution in [3.05, 3.63) is 53.6 Å². The summed E-state index contributed by atoms with van der Waals surface area (Å²) in [7, 11) is -3.95. The number of carbonyl (C=O) groups excluding carboxylic acids is 1. The van der Waals surface area contributed by atoms with Crippen LogP contribution in [0.3, 0.4) is 0 Å². The second-order valence-electron chi connectivity index (χ2n) is 6.09. The van der Waals surface area contributed by atoms with E-state index >= 15 is 0 Å². The number of hydrogen-bond acceptors (Lipinski definition) is 6. The summed E-state index contributed by atoms with van der Waals surface area (Å²) in [6, 6.07) is 5.54. The van der Waals surface area contributed by atoms with Crippen molar-refractivity contribution in [2.24, 2.45) is 0 Å². The Labute approximate surface area is 151 Å². The van der Waals surface area contributed by atoms with Gasteiger partial charge in [-0.05, 0) is 24.1 Å². The molecule has 0 spiro atoms. The lowest BCUT2D eigenvalue weighted by molar-refractivity contribution is -0.133. The molecule has 9 heteroatoms. The van der Waals surface area contributed by atoms with Crippen LogP contribution in [-0.4, -0.2) is 39.8 Å². The summed E-state index contributed by atoms with van der Waals surface area (Å²) >= 11 is 0. The van der Waals surface area contributed by atoms with Crippen molar-refractivity contribution in [1.29, 1.82) is 0 Å². The van der Waals surface area contributed by atoms with E-state index in [1.807, 2.05) is 0 Å². The number of carbonyl (C=O) groups is 1. The van der Waals surface area contributed by atoms with Crippen LogP contribution in [0.4, 0.5) is 0 Å². The number of aryl methyl sites for hydroxylation is 1. The quantitative estimate of drug-likeness (QED) is 0.596. The molecule has 1 unspecified atom stereocenters. The van der Waals surface area contributed by atoms with Crippen LogP contribution in [0.1, 0.15) is 30.3 Å². The van der Waals surface area contributed by atoms with E-state index in [-0.39, 0.29) is 17.9 Å². The van der Waals surface area contributed by atoms with Crippen molar-refractivity contribution in [2.45, 2.75) is 43.7 Å². The molecule has 26 heavy (non-hydrogen) atoms. The predicted molar refractivity (Wildman–Crippen MR) is 92.6 cm³/mol. The van der Waals surface area contributed by atoms with Crippen LogP contribution in [0.15, 0.2) is 41.6 Å². The molecule has 0 saturated heterocycles. The Morgan fingerprint density at radius 2 is 1.88 bits per heavy atom. The highest BCUT2D eigenvalue weighted by molar-refractivity contribution is 7.89. The standard InChI is InChI=1S/C17H20N4O4S/c1-2-3-12-4-6-13(7-5-12)26(24,25)21-11-15-14(18-8-9-19-15)10-16(21)17(22)20-23/h4-9,16,23H,2-3,10-11H2,1H3,(H,20,22). The maximum atomic E-state index is 13.1. The zero-order valence-corrected chi connectivity index (χ0v) is 15.1. The van der Waals surface area contributed by atoms with Gasteiger partial charge in [0, 0.05) is 18.8 Å². The Bertz CT molecular complexity index is 899. The molecule has 0 bridgehead atoms. The Balaban J connectivity index is 1.99. The third-order valence-corrected chi connectivity index (χ3v) is 6.25. The number of sulfonamides is 1. The molecule has 138 valence electrons. The molecule has 0 aliphatic carbocycles. The van der Waals surface area contributed by atoms with E-state index in [0.717, 1.165) is 22.7 Å². The van der Waals surface area contributed by atoms with Crippen LogP contribution in [0, 0.1) is 0 Å². The van der Waals surface area contributed by atoms with Crippen LogP contribution in [0.25, 0.3) is 0 Å². The van der Waals surface area contributed by atoms with E-state index in [0.29, 0.717) is 11.4 Å². The highest BCUT2D eigenvalue weighted by atomic mass is 32.2. The number of fused-ring (bicyclic) bond motifs is 1. The van der Waals surface area contributed by atoms with Gasteiger partial charge in [-0.25, -0.2) is 13.9 Å². The van der Waals surface area contributed by atoms with Gasteiger partial charge in [-0.2, -0.15) is 4.31 Å². The minimum absolute atomic E-state index is 0.0444. The van der Waals surface area contributed by atoms with Gasteiger partial charge in [-0.3, -0.25) is 20.0 Å². The monoisotopic (exact) mass is 376 g/mol. The third-order valence-electron chi connectivity index (χ3n) is 4.38. The molecule has 0 saturated carbocycles. The van der Waals surface area contributed by atoms with Gasteiger partial charge in [0.2, 0.25) is 10.0 Å². The molecule has 8 nitrogen and oxygen atoms in total. The van der Waals surface area contributed by atoms with E-state index in [2.05, 4.69) is 16.9 Å². The molecule has 1 atom stereocenters. The molecular formula is C17H20N4O4S. The van der Waals surface area contributed by atoms with Gasteiger partial charge in [0.1, 0.15) is 6.04 Å². The molecule has 2 aromatic rings. The van der Waals surface area contributed by atoms with E-state index in [4.69, 9.17) is 5.21 Å². The average Bonchev–Trinajstić information content (AvgIpc) is 2.67. The van der Waals surface area contributed by atoms with Crippen molar-refractivity contribution in [1.82, 2.24) is 19.8 Å². The lowest BCUT2D eigenvalue weighted by Crippen LogP contribution is -2.52. The van der Waals surface area contributed by atoms with E-state index in [9.17, 15) is 13.2 Å². The first-order valence-electron chi connectivity index (χ1n) is 8.31. The lowest BCUT2D eigenvalue weighted by atomic mass is 10.0. The molecule has 2 heterocycles. The number of nitrogens with one attached hydrogen (secondary N) is 1. The van der Waals surface area contributed by atoms with Crippen LogP contribution in [0.2, 0.25) is 0 Å². The summed E-state index contributed by atoms with van der Waals surface area (Å²) < 4.78 is 27.3. The maximum absolute atomic E-state index is 13.1. The molecule has 0 fully saturated rings. The number of hydrogen-bond donors (Lipinski definition) is 2. The minimum atomic E-state index is -3.95. The zero-order valence-electron chi connectivity index (χ0n) is 14.3. The van der Waals surface area contributed by atoms with Crippen molar-refractivity contribution in [3.8, 4) is 0 Å². The number of hydroxylamine groups is 1.